The molecule has 0 aliphatic heterocycles. The number of rotatable bonds is 28. The Labute approximate surface area is 550 Å². The van der Waals surface area contributed by atoms with Gasteiger partial charge in [0, 0.05) is 56.3 Å². The van der Waals surface area contributed by atoms with Gasteiger partial charge in [-0.15, -0.1) is 0 Å². The molecule has 0 spiro atoms. The van der Waals surface area contributed by atoms with E-state index in [1.165, 1.54) is 139 Å². The molecule has 0 bridgehead atoms. The van der Waals surface area contributed by atoms with E-state index in [1.807, 2.05) is 0 Å². The van der Waals surface area contributed by atoms with Crippen molar-refractivity contribution in [3.05, 3.63) is 181 Å². The summed E-state index contributed by atoms with van der Waals surface area (Å²) in [5, 5.41) is 12.1. The van der Waals surface area contributed by atoms with E-state index < -0.39 is 0 Å². The van der Waals surface area contributed by atoms with Crippen LogP contribution in [0, 0.1) is 13.8 Å². The number of nitrogens with one attached hydrogen (secondary N) is 3. The highest BCUT2D eigenvalue weighted by Gasteiger charge is 2.26. The van der Waals surface area contributed by atoms with Crippen LogP contribution in [0.2, 0.25) is 0 Å². The van der Waals surface area contributed by atoms with E-state index in [0.29, 0.717) is 71.0 Å². The van der Waals surface area contributed by atoms with Crippen LogP contribution in [0.4, 0.5) is 17.1 Å². The number of nitrogens with zero attached hydrogens (tertiary/aromatic N) is 1. The highest BCUT2D eigenvalue weighted by atomic mass is 15.2. The molecule has 0 aliphatic carbocycles. The summed E-state index contributed by atoms with van der Waals surface area (Å²) in [5.41, 5.74) is 34.2. The normalized spacial score (nSPS) is 12.3. The van der Waals surface area contributed by atoms with Gasteiger partial charge in [0.15, 0.2) is 0 Å². The van der Waals surface area contributed by atoms with Gasteiger partial charge in [0.25, 0.3) is 0 Å². The van der Waals surface area contributed by atoms with Crippen LogP contribution < -0.4 is 16.0 Å². The van der Waals surface area contributed by atoms with Gasteiger partial charge in [-0.2, -0.15) is 0 Å². The van der Waals surface area contributed by atoms with E-state index in [-0.39, 0.29) is 0 Å². The maximum absolute atomic E-state index is 4.13. The van der Waals surface area contributed by atoms with Crippen LogP contribution in [-0.2, 0) is 0 Å². The van der Waals surface area contributed by atoms with Crippen molar-refractivity contribution >= 4 is 17.1 Å². The summed E-state index contributed by atoms with van der Waals surface area (Å²) in [5.74, 6) is 4.72. The van der Waals surface area contributed by atoms with Crippen LogP contribution in [0.3, 0.4) is 0 Å². The Hall–Kier alpha value is -6.10. The Kier molecular flexibility index (Phi) is 24.6. The van der Waals surface area contributed by atoms with Gasteiger partial charge < -0.3 is 16.0 Å². The first-order valence-electron chi connectivity index (χ1n) is 35.4. The smallest absolute Gasteiger partial charge is 0.0353 e. The summed E-state index contributed by atoms with van der Waals surface area (Å²) in [4.78, 5) is 2.67. The van der Waals surface area contributed by atoms with Crippen LogP contribution in [0.25, 0.3) is 44.5 Å². The SMILES string of the molecule is Cc1cc(C)cc(NCCN(CCNc2cc(-c3c(C(C)C)cc(C(C)C)cc3C(C)C)cc(-c3c(C(C)C)cc(C(C)C)cc3C(C)C)c2)CCNc2cc(-c3c(C(C)C)cc(C(C)C)cc3C(C)C)cc(-c3c(C(C)C)cc(C(C)C)cc3C(C)C)c2)c1. The maximum Gasteiger partial charge on any atom is 0.0353 e. The van der Waals surface area contributed by atoms with E-state index in [1.54, 1.807) is 0 Å². The Morgan fingerprint density at radius 3 is 0.600 bits per heavy atom. The molecule has 0 unspecified atom stereocenters. The molecule has 0 aromatic heterocycles. The van der Waals surface area contributed by atoms with Crippen LogP contribution in [0.1, 0.15) is 315 Å². The average molecular weight is 1210 g/mol. The van der Waals surface area contributed by atoms with Gasteiger partial charge in [-0.25, -0.2) is 0 Å². The average Bonchev–Trinajstić information content (AvgIpc) is 1.07. The third kappa shape index (κ3) is 17.3. The second-order valence-electron chi connectivity index (χ2n) is 30.8. The van der Waals surface area contributed by atoms with Gasteiger partial charge in [0.2, 0.25) is 0 Å². The second-order valence-corrected chi connectivity index (χ2v) is 30.8. The lowest BCUT2D eigenvalue weighted by atomic mass is 9.79. The first-order chi connectivity index (χ1) is 42.3. The fourth-order valence-corrected chi connectivity index (χ4v) is 13.7. The van der Waals surface area contributed by atoms with Crippen molar-refractivity contribution in [3.8, 4) is 44.5 Å². The molecule has 0 aliphatic rings. The third-order valence-corrected chi connectivity index (χ3v) is 19.0. The molecule has 0 saturated carbocycles. The van der Waals surface area contributed by atoms with Crippen LogP contribution in [0.15, 0.2) is 103 Å². The molecule has 7 aromatic carbocycles. The number of benzene rings is 7. The van der Waals surface area contributed by atoms with Gasteiger partial charge in [-0.05, 0) is 256 Å². The number of anilines is 3. The monoisotopic (exact) mass is 1210 g/mol. The molecular formula is C86H122N4. The Morgan fingerprint density at radius 2 is 0.422 bits per heavy atom. The Bertz CT molecular complexity index is 3010. The lowest BCUT2D eigenvalue weighted by Crippen LogP contribution is -2.36. The van der Waals surface area contributed by atoms with Crippen molar-refractivity contribution in [2.75, 3.05) is 55.2 Å². The van der Waals surface area contributed by atoms with Gasteiger partial charge >= 0.3 is 0 Å². The number of aryl methyl sites for hydroxylation is 2. The van der Waals surface area contributed by atoms with Crippen molar-refractivity contribution in [3.63, 3.8) is 0 Å². The molecule has 7 aromatic rings. The molecule has 4 heteroatoms. The van der Waals surface area contributed by atoms with E-state index in [0.717, 1.165) is 39.3 Å². The third-order valence-electron chi connectivity index (χ3n) is 19.0. The van der Waals surface area contributed by atoms with E-state index in [9.17, 15) is 0 Å². The molecule has 0 fully saturated rings. The topological polar surface area (TPSA) is 39.3 Å². The van der Waals surface area contributed by atoms with Gasteiger partial charge in [0.1, 0.15) is 0 Å². The summed E-state index contributed by atoms with van der Waals surface area (Å²) >= 11 is 0. The minimum Gasteiger partial charge on any atom is -0.384 e. The van der Waals surface area contributed by atoms with Gasteiger partial charge in [0.05, 0.1) is 0 Å². The van der Waals surface area contributed by atoms with Crippen molar-refractivity contribution < 1.29 is 0 Å². The molecule has 3 N–H and O–H groups in total. The van der Waals surface area contributed by atoms with E-state index >= 15 is 0 Å². The molecule has 7 rings (SSSR count). The molecule has 0 radical (unpaired) electrons. The van der Waals surface area contributed by atoms with Gasteiger partial charge in [-0.3, -0.25) is 4.90 Å². The molecular weight excluding hydrogens is 1090 g/mol. The lowest BCUT2D eigenvalue weighted by Gasteiger charge is -2.27. The standard InChI is InChI=1S/C86H122N4/c1-50(2)64-42-75(54(9)10)83(76(43-64)55(11)12)68-36-69(84-77(56(13)14)44-65(51(3)4)45-78(84)57(15)16)39-73(38-68)88-28-31-90(30-27-87-72-34-62(25)33-63(26)35-72)32-29-89-74-40-70(85-79(58(17)18)46-66(52(5)6)47-80(85)59(19)20)37-71(41-74)86-81(60(21)22)48-67(53(7)8)49-82(86)61(23)24/h33-61,87-89H,27-32H2,1-26H3. The minimum atomic E-state index is 0.366. The number of hydrogen-bond donors (Lipinski definition) is 3. The first kappa shape index (κ1) is 71.3. The molecule has 0 heterocycles. The molecule has 486 valence electrons. The van der Waals surface area contributed by atoms with E-state index in [4.69, 9.17) is 0 Å². The van der Waals surface area contributed by atoms with Crippen molar-refractivity contribution in [1.29, 1.82) is 0 Å². The molecule has 0 amide bonds. The van der Waals surface area contributed by atoms with Crippen molar-refractivity contribution in [2.45, 2.75) is 251 Å². The largest absolute Gasteiger partial charge is 0.384 e. The Morgan fingerprint density at radius 1 is 0.233 bits per heavy atom. The first-order valence-corrected chi connectivity index (χ1v) is 35.4. The lowest BCUT2D eigenvalue weighted by molar-refractivity contribution is 0.306. The molecule has 0 atom stereocenters. The molecule has 90 heavy (non-hydrogen) atoms. The minimum absolute atomic E-state index is 0.366. The summed E-state index contributed by atoms with van der Waals surface area (Å²) in [6, 6.07) is 42.0. The zero-order valence-electron chi connectivity index (χ0n) is 61.4. The summed E-state index contributed by atoms with van der Waals surface area (Å²) < 4.78 is 0. The fourth-order valence-electron chi connectivity index (χ4n) is 13.7. The van der Waals surface area contributed by atoms with Crippen LogP contribution >= 0.6 is 0 Å². The zero-order chi connectivity index (χ0) is 66.3. The quantitative estimate of drug-likeness (QED) is 0.0457. The molecule has 0 saturated heterocycles. The predicted molar refractivity (Wildman–Crippen MR) is 402 cm³/mol. The predicted octanol–water partition coefficient (Wildman–Crippen LogP) is 25.4. The fraction of sp³-hybridized carbons (Fsp3) is 0.512. The van der Waals surface area contributed by atoms with Gasteiger partial charge in [-0.1, -0.05) is 221 Å². The van der Waals surface area contributed by atoms with E-state index in [2.05, 4.69) is 304 Å². The molecule has 4 nitrogen and oxygen atoms in total. The Balaban J connectivity index is 1.34. The van der Waals surface area contributed by atoms with Crippen LogP contribution in [0.5, 0.6) is 0 Å². The summed E-state index contributed by atoms with van der Waals surface area (Å²) in [6.07, 6.45) is 0. The number of hydrogen-bond acceptors (Lipinski definition) is 4. The summed E-state index contributed by atoms with van der Waals surface area (Å²) in [6.45, 7) is 66.4. The summed E-state index contributed by atoms with van der Waals surface area (Å²) in [7, 11) is 0. The highest BCUT2D eigenvalue weighted by molar-refractivity contribution is 5.86. The highest BCUT2D eigenvalue weighted by Crippen LogP contribution is 2.47. The maximum atomic E-state index is 4.13. The zero-order valence-corrected chi connectivity index (χ0v) is 61.4. The second kappa shape index (κ2) is 31.0. The van der Waals surface area contributed by atoms with Crippen LogP contribution in [-0.4, -0.2) is 44.2 Å². The van der Waals surface area contributed by atoms with Crippen molar-refractivity contribution in [2.24, 2.45) is 0 Å². The van der Waals surface area contributed by atoms with Crippen molar-refractivity contribution in [1.82, 2.24) is 4.90 Å².